The largest absolute Gasteiger partial charge is 0.486 e. The molecule has 0 bridgehead atoms. The third-order valence-electron chi connectivity index (χ3n) is 3.73. The molecule has 1 aliphatic heterocycles. The number of nitrogens with two attached hydrogens (primary N) is 1. The first-order chi connectivity index (χ1) is 9.65. The molecule has 0 saturated heterocycles. The van der Waals surface area contributed by atoms with Crippen molar-refractivity contribution >= 4 is 0 Å². The SMILES string of the molecule is Cc1ncn(CC(N)c2ccc3c(c2)OCCO3)c1C. The van der Waals surface area contributed by atoms with Crippen LogP contribution < -0.4 is 15.2 Å². The summed E-state index contributed by atoms with van der Waals surface area (Å²) >= 11 is 0. The molecule has 0 spiro atoms. The average Bonchev–Trinajstić information content (AvgIpc) is 2.78. The highest BCUT2D eigenvalue weighted by Crippen LogP contribution is 2.32. The van der Waals surface area contributed by atoms with Gasteiger partial charge in [0.2, 0.25) is 0 Å². The number of fused-ring (bicyclic) bond motifs is 1. The van der Waals surface area contributed by atoms with Crippen molar-refractivity contribution in [1.82, 2.24) is 9.55 Å². The molecule has 20 heavy (non-hydrogen) atoms. The monoisotopic (exact) mass is 273 g/mol. The van der Waals surface area contributed by atoms with Crippen LogP contribution in [0.15, 0.2) is 24.5 Å². The lowest BCUT2D eigenvalue weighted by Gasteiger charge is -2.21. The molecule has 2 heterocycles. The summed E-state index contributed by atoms with van der Waals surface area (Å²) in [4.78, 5) is 4.30. The van der Waals surface area contributed by atoms with Gasteiger partial charge < -0.3 is 19.8 Å². The van der Waals surface area contributed by atoms with E-state index in [0.717, 1.165) is 28.5 Å². The number of imidazole rings is 1. The maximum absolute atomic E-state index is 6.29. The van der Waals surface area contributed by atoms with Gasteiger partial charge in [0, 0.05) is 18.3 Å². The molecule has 2 N–H and O–H groups in total. The van der Waals surface area contributed by atoms with Crippen LogP contribution in [-0.4, -0.2) is 22.8 Å². The lowest BCUT2D eigenvalue weighted by molar-refractivity contribution is 0.171. The molecule has 1 aromatic heterocycles. The number of benzene rings is 1. The van der Waals surface area contributed by atoms with Crippen molar-refractivity contribution in [2.45, 2.75) is 26.4 Å². The van der Waals surface area contributed by atoms with E-state index in [1.54, 1.807) is 0 Å². The van der Waals surface area contributed by atoms with E-state index >= 15 is 0 Å². The predicted molar refractivity (Wildman–Crippen MR) is 76.1 cm³/mol. The molecule has 1 atom stereocenters. The first kappa shape index (κ1) is 13.0. The fourth-order valence-electron chi connectivity index (χ4n) is 2.34. The maximum Gasteiger partial charge on any atom is 0.161 e. The Morgan fingerprint density at radius 3 is 2.70 bits per heavy atom. The van der Waals surface area contributed by atoms with Crippen molar-refractivity contribution in [3.8, 4) is 11.5 Å². The van der Waals surface area contributed by atoms with E-state index in [-0.39, 0.29) is 6.04 Å². The fraction of sp³-hybridized carbons (Fsp3) is 0.400. The zero-order valence-corrected chi connectivity index (χ0v) is 11.8. The van der Waals surface area contributed by atoms with Crippen molar-refractivity contribution in [2.24, 2.45) is 5.73 Å². The van der Waals surface area contributed by atoms with Gasteiger partial charge in [-0.15, -0.1) is 0 Å². The number of ether oxygens (including phenoxy) is 2. The number of rotatable bonds is 3. The second-order valence-electron chi connectivity index (χ2n) is 5.08. The summed E-state index contributed by atoms with van der Waals surface area (Å²) in [6.45, 7) is 5.95. The molecule has 3 rings (SSSR count). The van der Waals surface area contributed by atoms with Crippen molar-refractivity contribution in [2.75, 3.05) is 13.2 Å². The number of aryl methyl sites for hydroxylation is 1. The standard InChI is InChI=1S/C15H19N3O2/c1-10-11(2)18(9-17-10)8-13(16)12-3-4-14-15(7-12)20-6-5-19-14/h3-4,7,9,13H,5-6,8,16H2,1-2H3. The van der Waals surface area contributed by atoms with Crippen molar-refractivity contribution in [3.05, 3.63) is 41.5 Å². The molecule has 106 valence electrons. The molecule has 0 radical (unpaired) electrons. The van der Waals surface area contributed by atoms with E-state index in [9.17, 15) is 0 Å². The van der Waals surface area contributed by atoms with E-state index in [1.165, 1.54) is 0 Å². The Hall–Kier alpha value is -2.01. The molecule has 2 aromatic rings. The second kappa shape index (κ2) is 5.17. The summed E-state index contributed by atoms with van der Waals surface area (Å²) in [5.41, 5.74) is 9.53. The van der Waals surface area contributed by atoms with Gasteiger partial charge in [-0.25, -0.2) is 4.98 Å². The summed E-state index contributed by atoms with van der Waals surface area (Å²) in [6.07, 6.45) is 1.84. The van der Waals surface area contributed by atoms with Gasteiger partial charge in [-0.2, -0.15) is 0 Å². The molecule has 0 saturated carbocycles. The molecular formula is C15H19N3O2. The Labute approximate surface area is 118 Å². The van der Waals surface area contributed by atoms with Crippen LogP contribution >= 0.6 is 0 Å². The Morgan fingerprint density at radius 2 is 2.00 bits per heavy atom. The second-order valence-corrected chi connectivity index (χ2v) is 5.08. The van der Waals surface area contributed by atoms with Gasteiger partial charge in [0.05, 0.1) is 12.0 Å². The smallest absolute Gasteiger partial charge is 0.161 e. The maximum atomic E-state index is 6.29. The highest BCUT2D eigenvalue weighted by Gasteiger charge is 2.15. The van der Waals surface area contributed by atoms with Crippen molar-refractivity contribution < 1.29 is 9.47 Å². The van der Waals surface area contributed by atoms with Crippen molar-refractivity contribution in [1.29, 1.82) is 0 Å². The van der Waals surface area contributed by atoms with Crippen LogP contribution in [0, 0.1) is 13.8 Å². The molecule has 0 amide bonds. The Bertz CT molecular complexity index is 622. The van der Waals surface area contributed by atoms with Crippen LogP contribution in [0.2, 0.25) is 0 Å². The minimum Gasteiger partial charge on any atom is -0.486 e. The number of aromatic nitrogens is 2. The van der Waals surface area contributed by atoms with Crippen LogP contribution in [-0.2, 0) is 6.54 Å². The number of hydrogen-bond acceptors (Lipinski definition) is 4. The highest BCUT2D eigenvalue weighted by atomic mass is 16.6. The van der Waals surface area contributed by atoms with Crippen LogP contribution in [0.5, 0.6) is 11.5 Å². The normalized spacial score (nSPS) is 15.2. The third kappa shape index (κ3) is 2.36. The Morgan fingerprint density at radius 1 is 1.25 bits per heavy atom. The lowest BCUT2D eigenvalue weighted by Crippen LogP contribution is -2.19. The third-order valence-corrected chi connectivity index (χ3v) is 3.73. The summed E-state index contributed by atoms with van der Waals surface area (Å²) in [6, 6.07) is 5.80. The Kier molecular flexibility index (Phi) is 3.36. The summed E-state index contributed by atoms with van der Waals surface area (Å²) in [7, 11) is 0. The topological polar surface area (TPSA) is 62.3 Å². The van der Waals surface area contributed by atoms with Crippen molar-refractivity contribution in [3.63, 3.8) is 0 Å². The van der Waals surface area contributed by atoms with Crippen LogP contribution in [0.1, 0.15) is 23.0 Å². The molecule has 1 aliphatic rings. The summed E-state index contributed by atoms with van der Waals surface area (Å²) in [5.74, 6) is 1.57. The van der Waals surface area contributed by atoms with Gasteiger partial charge in [-0.05, 0) is 31.5 Å². The Balaban J connectivity index is 1.80. The molecule has 1 unspecified atom stereocenters. The van der Waals surface area contributed by atoms with Gasteiger partial charge >= 0.3 is 0 Å². The molecule has 5 nitrogen and oxygen atoms in total. The lowest BCUT2D eigenvalue weighted by atomic mass is 10.1. The predicted octanol–water partition coefficient (Wildman–Crippen LogP) is 1.97. The summed E-state index contributed by atoms with van der Waals surface area (Å²) < 4.78 is 13.2. The molecule has 0 aliphatic carbocycles. The van der Waals surface area contributed by atoms with E-state index in [1.807, 2.05) is 31.5 Å². The first-order valence-corrected chi connectivity index (χ1v) is 6.78. The van der Waals surface area contributed by atoms with E-state index < -0.39 is 0 Å². The fourth-order valence-corrected chi connectivity index (χ4v) is 2.34. The van der Waals surface area contributed by atoms with Crippen LogP contribution in [0.3, 0.4) is 0 Å². The van der Waals surface area contributed by atoms with Gasteiger partial charge in [0.15, 0.2) is 11.5 Å². The van der Waals surface area contributed by atoms with Crippen LogP contribution in [0.25, 0.3) is 0 Å². The molecule has 5 heteroatoms. The van der Waals surface area contributed by atoms with Gasteiger partial charge in [-0.3, -0.25) is 0 Å². The minimum atomic E-state index is -0.0990. The molecular weight excluding hydrogens is 254 g/mol. The van der Waals surface area contributed by atoms with E-state index in [4.69, 9.17) is 15.2 Å². The van der Waals surface area contributed by atoms with Gasteiger partial charge in [0.1, 0.15) is 13.2 Å². The zero-order valence-electron chi connectivity index (χ0n) is 11.8. The number of hydrogen-bond donors (Lipinski definition) is 1. The zero-order chi connectivity index (χ0) is 14.1. The van der Waals surface area contributed by atoms with Gasteiger partial charge in [-0.1, -0.05) is 6.07 Å². The number of nitrogens with zero attached hydrogens (tertiary/aromatic N) is 2. The highest BCUT2D eigenvalue weighted by molar-refractivity contribution is 5.44. The minimum absolute atomic E-state index is 0.0990. The van der Waals surface area contributed by atoms with E-state index in [0.29, 0.717) is 19.8 Å². The first-order valence-electron chi connectivity index (χ1n) is 6.78. The van der Waals surface area contributed by atoms with Crippen LogP contribution in [0.4, 0.5) is 0 Å². The summed E-state index contributed by atoms with van der Waals surface area (Å²) in [5, 5.41) is 0. The molecule has 1 aromatic carbocycles. The molecule has 0 fully saturated rings. The quantitative estimate of drug-likeness (QED) is 0.928. The average molecular weight is 273 g/mol. The van der Waals surface area contributed by atoms with E-state index in [2.05, 4.69) is 16.5 Å². The van der Waals surface area contributed by atoms with Gasteiger partial charge in [0.25, 0.3) is 0 Å².